The molecule has 3 amide bonds. The minimum atomic E-state index is -3.59. The second-order valence-corrected chi connectivity index (χ2v) is 9.19. The monoisotopic (exact) mass is 425 g/mol. The van der Waals surface area contributed by atoms with Gasteiger partial charge in [0.15, 0.2) is 6.61 Å². The van der Waals surface area contributed by atoms with Crippen LogP contribution in [0.1, 0.15) is 26.7 Å². The van der Waals surface area contributed by atoms with Crippen LogP contribution in [0.25, 0.3) is 0 Å². The number of carbonyl (C=O) groups is 3. The van der Waals surface area contributed by atoms with Crippen LogP contribution in [0.3, 0.4) is 0 Å². The Balaban J connectivity index is 1.76. The zero-order chi connectivity index (χ0) is 21.4. The first-order valence-electron chi connectivity index (χ1n) is 9.49. The summed E-state index contributed by atoms with van der Waals surface area (Å²) < 4.78 is 31.5. The van der Waals surface area contributed by atoms with Gasteiger partial charge >= 0.3 is 12.0 Å². The molecule has 0 aliphatic carbocycles. The molecule has 1 aliphatic rings. The number of urea groups is 1. The fourth-order valence-electron chi connectivity index (χ4n) is 2.83. The first-order chi connectivity index (χ1) is 13.7. The summed E-state index contributed by atoms with van der Waals surface area (Å²) in [4.78, 5) is 35.6. The Morgan fingerprint density at radius 3 is 2.34 bits per heavy atom. The van der Waals surface area contributed by atoms with Gasteiger partial charge in [-0.25, -0.2) is 13.2 Å². The van der Waals surface area contributed by atoms with Gasteiger partial charge in [-0.2, -0.15) is 4.31 Å². The molecule has 0 radical (unpaired) electrons. The number of sulfonamides is 1. The number of imide groups is 1. The molecule has 1 heterocycles. The van der Waals surface area contributed by atoms with Gasteiger partial charge in [0.2, 0.25) is 10.0 Å². The average Bonchev–Trinajstić information content (AvgIpc) is 2.71. The van der Waals surface area contributed by atoms with Gasteiger partial charge in [-0.05, 0) is 30.9 Å². The van der Waals surface area contributed by atoms with Crippen molar-refractivity contribution in [2.45, 2.75) is 31.6 Å². The molecule has 2 N–H and O–H groups in total. The van der Waals surface area contributed by atoms with Crippen molar-refractivity contribution >= 4 is 27.9 Å². The maximum absolute atomic E-state index is 12.6. The minimum absolute atomic E-state index is 0.195. The standard InChI is InChI=1S/C19H27N3O6S/c1-14(2)12-20-19(25)21-17(23)13-28-18(24)15-8-10-22(11-9-15)29(26,27)16-6-4-3-5-7-16/h3-7,14-15H,8-13H2,1-2H3,(H2,20,21,23,25). The number of ether oxygens (including phenoxy) is 1. The first kappa shape index (κ1) is 22.8. The Hall–Kier alpha value is -2.46. The Kier molecular flexibility index (Phi) is 8.15. The fraction of sp³-hybridized carbons (Fsp3) is 0.526. The first-order valence-corrected chi connectivity index (χ1v) is 10.9. The predicted molar refractivity (Wildman–Crippen MR) is 105 cm³/mol. The number of carbonyl (C=O) groups excluding carboxylic acids is 3. The van der Waals surface area contributed by atoms with Crippen molar-refractivity contribution in [2.24, 2.45) is 11.8 Å². The normalized spacial score (nSPS) is 15.7. The molecule has 160 valence electrons. The van der Waals surface area contributed by atoms with Gasteiger partial charge in [-0.3, -0.25) is 14.9 Å². The van der Waals surface area contributed by atoms with Crippen LogP contribution >= 0.6 is 0 Å². The van der Waals surface area contributed by atoms with Gasteiger partial charge in [0.1, 0.15) is 0 Å². The molecular formula is C19H27N3O6S. The Morgan fingerprint density at radius 1 is 1.14 bits per heavy atom. The third-order valence-corrected chi connectivity index (χ3v) is 6.35. The van der Waals surface area contributed by atoms with Gasteiger partial charge in [0.25, 0.3) is 5.91 Å². The largest absolute Gasteiger partial charge is 0.455 e. The summed E-state index contributed by atoms with van der Waals surface area (Å²) in [6.07, 6.45) is 0.614. The van der Waals surface area contributed by atoms with E-state index in [9.17, 15) is 22.8 Å². The number of nitrogens with zero attached hydrogens (tertiary/aromatic N) is 1. The number of hydrogen-bond donors (Lipinski definition) is 2. The second-order valence-electron chi connectivity index (χ2n) is 7.25. The molecular weight excluding hydrogens is 398 g/mol. The summed E-state index contributed by atoms with van der Waals surface area (Å²) >= 11 is 0. The molecule has 1 aliphatic heterocycles. The van der Waals surface area contributed by atoms with Crippen molar-refractivity contribution < 1.29 is 27.5 Å². The summed E-state index contributed by atoms with van der Waals surface area (Å²) in [7, 11) is -3.59. The number of esters is 1. The fourth-order valence-corrected chi connectivity index (χ4v) is 4.32. The highest BCUT2D eigenvalue weighted by Crippen LogP contribution is 2.24. The third kappa shape index (κ3) is 6.82. The summed E-state index contributed by atoms with van der Waals surface area (Å²) in [5, 5.41) is 4.61. The van der Waals surface area contributed by atoms with E-state index in [0.717, 1.165) is 0 Å². The zero-order valence-electron chi connectivity index (χ0n) is 16.6. The number of piperidine rings is 1. The van der Waals surface area contributed by atoms with Crippen LogP contribution in [0.4, 0.5) is 4.79 Å². The minimum Gasteiger partial charge on any atom is -0.455 e. The van der Waals surface area contributed by atoms with Crippen molar-refractivity contribution in [3.8, 4) is 0 Å². The Labute approximate surface area is 170 Å². The van der Waals surface area contributed by atoms with Crippen LogP contribution in [-0.4, -0.2) is 56.9 Å². The lowest BCUT2D eigenvalue weighted by Gasteiger charge is -2.30. The number of benzene rings is 1. The number of hydrogen-bond acceptors (Lipinski definition) is 6. The van der Waals surface area contributed by atoms with Gasteiger partial charge in [-0.15, -0.1) is 0 Å². The highest BCUT2D eigenvalue weighted by atomic mass is 32.2. The lowest BCUT2D eigenvalue weighted by atomic mass is 9.98. The number of nitrogens with one attached hydrogen (secondary N) is 2. The molecule has 0 saturated carbocycles. The molecule has 1 fully saturated rings. The van der Waals surface area contributed by atoms with E-state index < -0.39 is 40.5 Å². The zero-order valence-corrected chi connectivity index (χ0v) is 17.4. The van der Waals surface area contributed by atoms with Crippen LogP contribution in [-0.2, 0) is 24.3 Å². The van der Waals surface area contributed by atoms with Crippen molar-refractivity contribution in [3.63, 3.8) is 0 Å². The third-order valence-electron chi connectivity index (χ3n) is 4.44. The molecule has 29 heavy (non-hydrogen) atoms. The number of rotatable bonds is 7. The molecule has 0 atom stereocenters. The molecule has 0 aromatic heterocycles. The van der Waals surface area contributed by atoms with E-state index >= 15 is 0 Å². The smallest absolute Gasteiger partial charge is 0.321 e. The number of amides is 3. The summed E-state index contributed by atoms with van der Waals surface area (Å²) in [5.41, 5.74) is 0. The Morgan fingerprint density at radius 2 is 1.76 bits per heavy atom. The van der Waals surface area contributed by atoms with Crippen LogP contribution in [0.15, 0.2) is 35.2 Å². The van der Waals surface area contributed by atoms with E-state index in [-0.39, 0.29) is 23.9 Å². The maximum atomic E-state index is 12.6. The van der Waals surface area contributed by atoms with Crippen molar-refractivity contribution in [1.29, 1.82) is 0 Å². The molecule has 0 bridgehead atoms. The van der Waals surface area contributed by atoms with E-state index in [4.69, 9.17) is 4.74 Å². The molecule has 1 aromatic rings. The van der Waals surface area contributed by atoms with Crippen molar-refractivity contribution in [1.82, 2.24) is 14.9 Å². The van der Waals surface area contributed by atoms with Crippen molar-refractivity contribution in [3.05, 3.63) is 30.3 Å². The van der Waals surface area contributed by atoms with E-state index in [2.05, 4.69) is 10.6 Å². The van der Waals surface area contributed by atoms with Crippen LogP contribution < -0.4 is 10.6 Å². The highest BCUT2D eigenvalue weighted by molar-refractivity contribution is 7.89. The van der Waals surface area contributed by atoms with Gasteiger partial charge < -0.3 is 10.1 Å². The van der Waals surface area contributed by atoms with Crippen molar-refractivity contribution in [2.75, 3.05) is 26.2 Å². The topological polar surface area (TPSA) is 122 Å². The summed E-state index contributed by atoms with van der Waals surface area (Å²) in [6.45, 7) is 4.09. The summed E-state index contributed by atoms with van der Waals surface area (Å²) in [6, 6.07) is 7.48. The lowest BCUT2D eigenvalue weighted by molar-refractivity contribution is -0.153. The molecule has 0 unspecified atom stereocenters. The SMILES string of the molecule is CC(C)CNC(=O)NC(=O)COC(=O)C1CCN(S(=O)(=O)c2ccccc2)CC1. The van der Waals surface area contributed by atoms with E-state index in [1.807, 2.05) is 13.8 Å². The summed E-state index contributed by atoms with van der Waals surface area (Å²) in [5.74, 6) is -1.53. The van der Waals surface area contributed by atoms with Crippen LogP contribution in [0, 0.1) is 11.8 Å². The maximum Gasteiger partial charge on any atom is 0.321 e. The Bertz CT molecular complexity index is 818. The molecule has 10 heteroatoms. The van der Waals surface area contributed by atoms with Crippen LogP contribution in [0.2, 0.25) is 0 Å². The molecule has 1 aromatic carbocycles. The van der Waals surface area contributed by atoms with Crippen LogP contribution in [0.5, 0.6) is 0 Å². The quantitative estimate of drug-likeness (QED) is 0.631. The van der Waals surface area contributed by atoms with E-state index in [0.29, 0.717) is 19.4 Å². The highest BCUT2D eigenvalue weighted by Gasteiger charge is 2.32. The molecule has 2 rings (SSSR count). The van der Waals surface area contributed by atoms with Gasteiger partial charge in [0, 0.05) is 19.6 Å². The van der Waals surface area contributed by atoms with Gasteiger partial charge in [0.05, 0.1) is 10.8 Å². The lowest BCUT2D eigenvalue weighted by Crippen LogP contribution is -2.43. The van der Waals surface area contributed by atoms with Gasteiger partial charge in [-0.1, -0.05) is 32.0 Å². The molecule has 9 nitrogen and oxygen atoms in total. The molecule has 1 saturated heterocycles. The molecule has 0 spiro atoms. The van der Waals surface area contributed by atoms with E-state index in [1.54, 1.807) is 18.2 Å². The average molecular weight is 426 g/mol. The van der Waals surface area contributed by atoms with E-state index in [1.165, 1.54) is 16.4 Å². The second kappa shape index (κ2) is 10.4. The predicted octanol–water partition coefficient (Wildman–Crippen LogP) is 1.11.